The van der Waals surface area contributed by atoms with Gasteiger partial charge in [0.2, 0.25) is 0 Å². The molecule has 0 spiro atoms. The quantitative estimate of drug-likeness (QED) is 0.173. The maximum atomic E-state index is 7.06. The average Bonchev–Trinajstić information content (AvgIpc) is 4.16. The first kappa shape index (κ1) is 38.0. The largest absolute Gasteiger partial charge is 0.455 e. The molecule has 14 aromatic rings. The summed E-state index contributed by atoms with van der Waals surface area (Å²) in [4.78, 5) is 13.6. The van der Waals surface area contributed by atoms with Crippen LogP contribution in [0.15, 0.2) is 231 Å². The molecule has 4 aromatic heterocycles. The Kier molecular flexibility index (Phi) is 7.92. The standard InChI is InChI=1S/C62H39N5O2/c1-65-61(47-27-15-25-43-40-21-7-11-29-50(40)66(57(43)47)39-19-3-2-4-20-39)63-60(64-62(65)48-28-16-26-44-42-23-9-13-31-54(42)68-58(44)48)46-33-34-52(59-56(46)45-24-10-14-32-55(45)69-59)67-51-30-12-8-22-41(51)49-35-37-17-5-6-18-38(37)36-53(49)67/h2-36,61H,1H3. The maximum Gasteiger partial charge on any atom is 0.160 e. The van der Waals surface area contributed by atoms with Crippen LogP contribution in [-0.2, 0) is 0 Å². The smallest absolute Gasteiger partial charge is 0.160 e. The molecule has 1 aliphatic rings. The van der Waals surface area contributed by atoms with Crippen molar-refractivity contribution < 1.29 is 8.83 Å². The van der Waals surface area contributed by atoms with Crippen LogP contribution in [0.1, 0.15) is 22.9 Å². The van der Waals surface area contributed by atoms with E-state index in [1.165, 1.54) is 26.9 Å². The third-order valence-electron chi connectivity index (χ3n) is 14.3. The van der Waals surface area contributed by atoms with E-state index in [2.05, 4.69) is 215 Å². The summed E-state index contributed by atoms with van der Waals surface area (Å²) in [6, 6.07) is 75.1. The van der Waals surface area contributed by atoms with E-state index >= 15 is 0 Å². The van der Waals surface area contributed by atoms with E-state index in [-0.39, 0.29) is 0 Å². The molecule has 0 radical (unpaired) electrons. The Morgan fingerprint density at radius 3 is 1.86 bits per heavy atom. The van der Waals surface area contributed by atoms with Crippen molar-refractivity contribution in [2.24, 2.45) is 9.98 Å². The van der Waals surface area contributed by atoms with E-state index in [1.807, 2.05) is 18.2 Å². The summed E-state index contributed by atoms with van der Waals surface area (Å²) in [5, 5.41) is 11.2. The molecule has 1 atom stereocenters. The zero-order valence-corrected chi connectivity index (χ0v) is 37.3. The number of hydrogen-bond acceptors (Lipinski definition) is 5. The number of rotatable bonds is 5. The maximum absolute atomic E-state index is 7.06. The van der Waals surface area contributed by atoms with E-state index < -0.39 is 6.17 Å². The van der Waals surface area contributed by atoms with Crippen molar-refractivity contribution in [2.75, 3.05) is 7.05 Å². The number of fused-ring (bicyclic) bond motifs is 13. The van der Waals surface area contributed by atoms with Gasteiger partial charge in [-0.15, -0.1) is 0 Å². The highest BCUT2D eigenvalue weighted by Crippen LogP contribution is 2.44. The van der Waals surface area contributed by atoms with Crippen molar-refractivity contribution in [2.45, 2.75) is 6.17 Å². The van der Waals surface area contributed by atoms with E-state index in [0.717, 1.165) is 105 Å². The lowest BCUT2D eigenvalue weighted by atomic mass is 10.0. The van der Waals surface area contributed by atoms with Crippen LogP contribution >= 0.6 is 0 Å². The minimum atomic E-state index is -0.499. The zero-order valence-electron chi connectivity index (χ0n) is 37.3. The van der Waals surface area contributed by atoms with Crippen LogP contribution in [-0.4, -0.2) is 32.8 Å². The van der Waals surface area contributed by atoms with Gasteiger partial charge in [0.05, 0.1) is 33.3 Å². The van der Waals surface area contributed by atoms with Crippen LogP contribution in [0.5, 0.6) is 0 Å². The molecule has 0 saturated carbocycles. The number of amidine groups is 2. The lowest BCUT2D eigenvalue weighted by Crippen LogP contribution is -2.36. The van der Waals surface area contributed by atoms with Gasteiger partial charge in [0, 0.05) is 67.0 Å². The fraction of sp³-hybridized carbons (Fsp3) is 0.0323. The van der Waals surface area contributed by atoms with Crippen LogP contribution < -0.4 is 0 Å². The van der Waals surface area contributed by atoms with Gasteiger partial charge in [-0.2, -0.15) is 0 Å². The normalized spacial score (nSPS) is 14.4. The molecule has 7 heteroatoms. The molecule has 1 unspecified atom stereocenters. The zero-order chi connectivity index (χ0) is 45.3. The van der Waals surface area contributed by atoms with E-state index in [0.29, 0.717) is 5.84 Å². The molecular weight excluding hydrogens is 847 g/mol. The summed E-state index contributed by atoms with van der Waals surface area (Å²) in [5.74, 6) is 1.37. The number of aromatic nitrogens is 2. The van der Waals surface area contributed by atoms with Gasteiger partial charge in [0.25, 0.3) is 0 Å². The van der Waals surface area contributed by atoms with Crippen molar-refractivity contribution >= 4 is 110 Å². The third kappa shape index (κ3) is 5.44. The lowest BCUT2D eigenvalue weighted by molar-refractivity contribution is 0.384. The van der Waals surface area contributed by atoms with Crippen LogP contribution in [0.2, 0.25) is 0 Å². The Morgan fingerprint density at radius 1 is 0.435 bits per heavy atom. The molecule has 324 valence electrons. The van der Waals surface area contributed by atoms with Crippen molar-refractivity contribution in [1.29, 1.82) is 0 Å². The molecule has 0 amide bonds. The SMILES string of the molecule is CN1C(c2cccc3c2oc2ccccc23)=NC(c2ccc(-n3c4ccccc4c4cc5ccccc5cc43)c3oc4ccccc4c23)=NC1c1cccc2c3ccccc3n(-c3ccccc3)c12. The third-order valence-corrected chi connectivity index (χ3v) is 14.3. The molecule has 69 heavy (non-hydrogen) atoms. The van der Waals surface area contributed by atoms with Gasteiger partial charge < -0.3 is 22.9 Å². The first-order valence-electron chi connectivity index (χ1n) is 23.4. The first-order chi connectivity index (χ1) is 34.2. The molecule has 5 heterocycles. The summed E-state index contributed by atoms with van der Waals surface area (Å²) in [7, 11) is 2.11. The van der Waals surface area contributed by atoms with Crippen LogP contribution in [0.3, 0.4) is 0 Å². The highest BCUT2D eigenvalue weighted by Gasteiger charge is 2.33. The molecule has 1 aliphatic heterocycles. The fourth-order valence-corrected chi connectivity index (χ4v) is 11.3. The minimum Gasteiger partial charge on any atom is -0.455 e. The molecular formula is C62H39N5O2. The minimum absolute atomic E-state index is 0.499. The highest BCUT2D eigenvalue weighted by atomic mass is 16.3. The molecule has 0 bridgehead atoms. The number of para-hydroxylation sites is 7. The molecule has 0 N–H and O–H groups in total. The van der Waals surface area contributed by atoms with Crippen LogP contribution in [0.4, 0.5) is 0 Å². The Bertz CT molecular complexity index is 4530. The highest BCUT2D eigenvalue weighted by molar-refractivity contribution is 6.25. The summed E-state index contributed by atoms with van der Waals surface area (Å²) in [5.41, 5.74) is 12.5. The van der Waals surface area contributed by atoms with Crippen molar-refractivity contribution in [3.63, 3.8) is 0 Å². The summed E-state index contributed by atoms with van der Waals surface area (Å²) < 4.78 is 18.6. The lowest BCUT2D eigenvalue weighted by Gasteiger charge is -2.33. The summed E-state index contributed by atoms with van der Waals surface area (Å²) in [6.07, 6.45) is -0.499. The fourth-order valence-electron chi connectivity index (χ4n) is 11.3. The monoisotopic (exact) mass is 885 g/mol. The number of benzene rings is 10. The average molecular weight is 886 g/mol. The first-order valence-corrected chi connectivity index (χ1v) is 23.4. The van der Waals surface area contributed by atoms with Crippen molar-refractivity contribution in [3.8, 4) is 11.4 Å². The van der Waals surface area contributed by atoms with E-state index in [9.17, 15) is 0 Å². The van der Waals surface area contributed by atoms with Gasteiger partial charge in [-0.3, -0.25) is 0 Å². The van der Waals surface area contributed by atoms with Gasteiger partial charge in [-0.1, -0.05) is 146 Å². The van der Waals surface area contributed by atoms with Gasteiger partial charge in [-0.05, 0) is 77.5 Å². The van der Waals surface area contributed by atoms with E-state index in [4.69, 9.17) is 18.8 Å². The second kappa shape index (κ2) is 14.4. The Balaban J connectivity index is 1.03. The molecule has 7 nitrogen and oxygen atoms in total. The van der Waals surface area contributed by atoms with Gasteiger partial charge >= 0.3 is 0 Å². The number of nitrogens with zero attached hydrogens (tertiary/aromatic N) is 5. The molecule has 15 rings (SSSR count). The van der Waals surface area contributed by atoms with Crippen molar-refractivity contribution in [3.05, 3.63) is 229 Å². The van der Waals surface area contributed by atoms with Gasteiger partial charge in [0.1, 0.15) is 22.6 Å². The number of hydrogen-bond donors (Lipinski definition) is 0. The van der Waals surface area contributed by atoms with E-state index in [1.54, 1.807) is 0 Å². The predicted molar refractivity (Wildman–Crippen MR) is 284 cm³/mol. The second-order valence-electron chi connectivity index (χ2n) is 18.1. The summed E-state index contributed by atoms with van der Waals surface area (Å²) >= 11 is 0. The Labute approximate surface area is 394 Å². The molecule has 0 fully saturated rings. The molecule has 10 aromatic carbocycles. The Hall–Kier alpha value is -9.20. The van der Waals surface area contributed by atoms with Gasteiger partial charge in [0.15, 0.2) is 17.6 Å². The topological polar surface area (TPSA) is 64.1 Å². The second-order valence-corrected chi connectivity index (χ2v) is 18.1. The number of aliphatic imine (C=N–C) groups is 2. The van der Waals surface area contributed by atoms with Crippen molar-refractivity contribution in [1.82, 2.24) is 14.0 Å². The molecule has 0 saturated heterocycles. The molecule has 0 aliphatic carbocycles. The Morgan fingerprint density at radius 2 is 1.04 bits per heavy atom. The van der Waals surface area contributed by atoms with Crippen LogP contribution in [0, 0.1) is 0 Å². The van der Waals surface area contributed by atoms with Gasteiger partial charge in [-0.25, -0.2) is 9.98 Å². The predicted octanol–water partition coefficient (Wildman–Crippen LogP) is 15.7. The number of furan rings is 2. The summed E-state index contributed by atoms with van der Waals surface area (Å²) in [6.45, 7) is 0. The van der Waals surface area contributed by atoms with Crippen LogP contribution in [0.25, 0.3) is 110 Å².